The van der Waals surface area contributed by atoms with Crippen LogP contribution in [0.3, 0.4) is 0 Å². The normalized spacial score (nSPS) is 12.7. The Balaban J connectivity index is 1.98. The molecule has 0 aliphatic rings. The number of para-hydroxylation sites is 1. The second-order valence-electron chi connectivity index (χ2n) is 6.62. The van der Waals surface area contributed by atoms with Crippen molar-refractivity contribution in [2.45, 2.75) is 37.0 Å². The summed E-state index contributed by atoms with van der Waals surface area (Å²) in [6.07, 6.45) is 0. The third-order valence-corrected chi connectivity index (χ3v) is 6.62. The molecule has 0 aromatic heterocycles. The molecule has 0 saturated carbocycles. The molecule has 1 N–H and O–H groups in total. The molecule has 140 valence electrons. The fraction of sp³-hybridized carbons (Fsp3) is 0.350. The summed E-state index contributed by atoms with van der Waals surface area (Å²) in [5, 5.41) is 2.41. The van der Waals surface area contributed by atoms with Gasteiger partial charge in [-0.05, 0) is 57.2 Å². The van der Waals surface area contributed by atoms with E-state index in [0.29, 0.717) is 12.1 Å². The van der Waals surface area contributed by atoms with Crippen molar-refractivity contribution < 1.29 is 13.2 Å². The van der Waals surface area contributed by atoms with Gasteiger partial charge in [-0.25, -0.2) is 8.42 Å². The molecule has 6 heteroatoms. The van der Waals surface area contributed by atoms with Gasteiger partial charge in [0.15, 0.2) is 9.84 Å². The molecule has 5 nitrogen and oxygen atoms in total. The van der Waals surface area contributed by atoms with E-state index in [1.165, 1.54) is 12.1 Å². The van der Waals surface area contributed by atoms with E-state index in [1.54, 1.807) is 26.0 Å². The van der Waals surface area contributed by atoms with Crippen LogP contribution in [-0.4, -0.2) is 39.2 Å². The van der Waals surface area contributed by atoms with Gasteiger partial charge in [-0.1, -0.05) is 18.2 Å². The summed E-state index contributed by atoms with van der Waals surface area (Å²) in [7, 11) is -1.34. The molecule has 2 aromatic carbocycles. The molecule has 0 aliphatic carbocycles. The Morgan fingerprint density at radius 1 is 1.00 bits per heavy atom. The first-order valence-electron chi connectivity index (χ1n) is 8.63. The lowest BCUT2D eigenvalue weighted by Gasteiger charge is -2.27. The quantitative estimate of drug-likeness (QED) is 0.809. The number of likely N-dealkylation sites (N-methyl/N-ethyl adjacent to an activating group) is 1. The van der Waals surface area contributed by atoms with E-state index in [4.69, 9.17) is 0 Å². The highest BCUT2D eigenvalue weighted by Crippen LogP contribution is 2.17. The summed E-state index contributed by atoms with van der Waals surface area (Å²) in [6, 6.07) is 16.2. The van der Waals surface area contributed by atoms with E-state index in [2.05, 4.69) is 10.2 Å². The molecule has 1 unspecified atom stereocenters. The summed E-state index contributed by atoms with van der Waals surface area (Å²) >= 11 is 0. The molecule has 2 rings (SSSR count). The lowest BCUT2D eigenvalue weighted by Crippen LogP contribution is -2.40. The van der Waals surface area contributed by atoms with Crippen LogP contribution >= 0.6 is 0 Å². The molecule has 0 aliphatic heterocycles. The second-order valence-corrected chi connectivity index (χ2v) is 9.13. The van der Waals surface area contributed by atoms with E-state index in [9.17, 15) is 13.2 Å². The van der Waals surface area contributed by atoms with Gasteiger partial charge >= 0.3 is 0 Å². The van der Waals surface area contributed by atoms with Crippen LogP contribution < -0.4 is 10.2 Å². The van der Waals surface area contributed by atoms with Crippen LogP contribution in [0, 0.1) is 0 Å². The predicted octanol–water partition coefficient (Wildman–Crippen LogP) is 3.12. The van der Waals surface area contributed by atoms with E-state index in [1.807, 2.05) is 44.3 Å². The standard InChI is InChI=1S/C20H26N2O3S/c1-15(2)26(24,25)19-12-10-17(11-13-19)20(23)21-14-16(3)22(4)18-8-6-5-7-9-18/h5-13,15-16H,14H2,1-4H3,(H,21,23). The van der Waals surface area contributed by atoms with Crippen molar-refractivity contribution in [1.29, 1.82) is 0 Å². The van der Waals surface area contributed by atoms with Crippen molar-refractivity contribution in [3.63, 3.8) is 0 Å². The largest absolute Gasteiger partial charge is 0.370 e. The van der Waals surface area contributed by atoms with Crippen LogP contribution in [0.2, 0.25) is 0 Å². The minimum atomic E-state index is -3.33. The van der Waals surface area contributed by atoms with Crippen LogP contribution in [0.5, 0.6) is 0 Å². The number of nitrogens with one attached hydrogen (secondary N) is 1. The first kappa shape index (κ1) is 20.0. The Hall–Kier alpha value is -2.34. The van der Waals surface area contributed by atoms with Gasteiger partial charge in [-0.2, -0.15) is 0 Å². The molecule has 0 heterocycles. The average Bonchev–Trinajstić information content (AvgIpc) is 2.65. The first-order valence-corrected chi connectivity index (χ1v) is 10.2. The Morgan fingerprint density at radius 2 is 1.58 bits per heavy atom. The number of rotatable bonds is 7. The lowest BCUT2D eigenvalue weighted by atomic mass is 10.2. The maximum Gasteiger partial charge on any atom is 0.251 e. The Labute approximate surface area is 156 Å². The number of amides is 1. The van der Waals surface area contributed by atoms with Gasteiger partial charge in [0.2, 0.25) is 0 Å². The molecule has 0 spiro atoms. The maximum atomic E-state index is 12.3. The summed E-state index contributed by atoms with van der Waals surface area (Å²) < 4.78 is 24.3. The third-order valence-electron chi connectivity index (χ3n) is 4.45. The van der Waals surface area contributed by atoms with Gasteiger partial charge < -0.3 is 10.2 Å². The number of sulfone groups is 1. The van der Waals surface area contributed by atoms with Crippen molar-refractivity contribution in [3.05, 3.63) is 60.2 Å². The number of hydrogen-bond acceptors (Lipinski definition) is 4. The fourth-order valence-corrected chi connectivity index (χ4v) is 3.52. The molecule has 0 fully saturated rings. The van der Waals surface area contributed by atoms with E-state index in [0.717, 1.165) is 5.69 Å². The number of anilines is 1. The first-order chi connectivity index (χ1) is 12.2. The smallest absolute Gasteiger partial charge is 0.251 e. The van der Waals surface area contributed by atoms with Gasteiger partial charge in [0.1, 0.15) is 0 Å². The lowest BCUT2D eigenvalue weighted by molar-refractivity contribution is 0.0951. The van der Waals surface area contributed by atoms with Gasteiger partial charge in [0, 0.05) is 30.9 Å². The number of carbonyl (C=O) groups excluding carboxylic acids is 1. The zero-order valence-electron chi connectivity index (χ0n) is 15.6. The Kier molecular flexibility index (Phi) is 6.42. The van der Waals surface area contributed by atoms with E-state index in [-0.39, 0.29) is 16.8 Å². The second kappa shape index (κ2) is 8.36. The topological polar surface area (TPSA) is 66.5 Å². The van der Waals surface area contributed by atoms with Crippen LogP contribution in [0.15, 0.2) is 59.5 Å². The van der Waals surface area contributed by atoms with Crippen molar-refractivity contribution >= 4 is 21.4 Å². The molecular formula is C20H26N2O3S. The van der Waals surface area contributed by atoms with Gasteiger partial charge in [-0.15, -0.1) is 0 Å². The monoisotopic (exact) mass is 374 g/mol. The van der Waals surface area contributed by atoms with Crippen molar-refractivity contribution in [3.8, 4) is 0 Å². The fourth-order valence-electron chi connectivity index (χ4n) is 2.47. The minimum Gasteiger partial charge on any atom is -0.370 e. The molecular weight excluding hydrogens is 348 g/mol. The van der Waals surface area contributed by atoms with Crippen molar-refractivity contribution in [2.75, 3.05) is 18.5 Å². The minimum absolute atomic E-state index is 0.113. The molecule has 0 radical (unpaired) electrons. The van der Waals surface area contributed by atoms with Crippen molar-refractivity contribution in [2.24, 2.45) is 0 Å². The Bertz CT molecular complexity index is 831. The predicted molar refractivity (Wildman–Crippen MR) is 105 cm³/mol. The highest BCUT2D eigenvalue weighted by molar-refractivity contribution is 7.92. The number of nitrogens with zero attached hydrogens (tertiary/aromatic N) is 1. The summed E-state index contributed by atoms with van der Waals surface area (Å²) in [6.45, 7) is 5.79. The Morgan fingerprint density at radius 3 is 2.12 bits per heavy atom. The van der Waals surface area contributed by atoms with Crippen LogP contribution in [0.25, 0.3) is 0 Å². The van der Waals surface area contributed by atoms with E-state index < -0.39 is 15.1 Å². The maximum absolute atomic E-state index is 12.3. The van der Waals surface area contributed by atoms with Gasteiger partial charge in [0.25, 0.3) is 5.91 Å². The van der Waals surface area contributed by atoms with Gasteiger partial charge in [0.05, 0.1) is 10.1 Å². The molecule has 0 bridgehead atoms. The summed E-state index contributed by atoms with van der Waals surface area (Å²) in [5.74, 6) is -0.216. The zero-order chi connectivity index (χ0) is 19.3. The van der Waals surface area contributed by atoms with Crippen LogP contribution in [-0.2, 0) is 9.84 Å². The highest BCUT2D eigenvalue weighted by atomic mass is 32.2. The van der Waals surface area contributed by atoms with E-state index >= 15 is 0 Å². The summed E-state index contributed by atoms with van der Waals surface area (Å²) in [5.41, 5.74) is 1.53. The SMILES string of the molecule is CC(CNC(=O)c1ccc(S(=O)(=O)C(C)C)cc1)N(C)c1ccccc1. The molecule has 26 heavy (non-hydrogen) atoms. The molecule has 1 atom stereocenters. The summed E-state index contributed by atoms with van der Waals surface area (Å²) in [4.78, 5) is 14.7. The molecule has 1 amide bonds. The van der Waals surface area contributed by atoms with Crippen LogP contribution in [0.1, 0.15) is 31.1 Å². The van der Waals surface area contributed by atoms with Gasteiger partial charge in [-0.3, -0.25) is 4.79 Å². The molecule has 2 aromatic rings. The molecule has 0 saturated heterocycles. The average molecular weight is 375 g/mol. The van der Waals surface area contributed by atoms with Crippen molar-refractivity contribution in [1.82, 2.24) is 5.32 Å². The zero-order valence-corrected chi connectivity index (χ0v) is 16.5. The number of carbonyl (C=O) groups is 1. The number of hydrogen-bond donors (Lipinski definition) is 1. The highest BCUT2D eigenvalue weighted by Gasteiger charge is 2.19. The van der Waals surface area contributed by atoms with Crippen LogP contribution in [0.4, 0.5) is 5.69 Å². The number of benzene rings is 2. The third kappa shape index (κ3) is 4.64.